The third-order valence-electron chi connectivity index (χ3n) is 3.85. The number of nitrogens with one attached hydrogen (secondary N) is 1. The van der Waals surface area contributed by atoms with E-state index in [1.807, 2.05) is 0 Å². The number of Topliss-reactive ketones (excluding diaryl/α,β-unsaturated/α-hetero) is 1. The summed E-state index contributed by atoms with van der Waals surface area (Å²) in [5, 5.41) is 3.73. The first kappa shape index (κ1) is 13.3. The van der Waals surface area contributed by atoms with Crippen molar-refractivity contribution in [3.63, 3.8) is 0 Å². The van der Waals surface area contributed by atoms with Crippen LogP contribution in [-0.2, 0) is 0 Å². The molecule has 3 N–H and O–H groups in total. The van der Waals surface area contributed by atoms with E-state index in [1.54, 1.807) is 6.07 Å². The fourth-order valence-electron chi connectivity index (χ4n) is 2.56. The molecule has 1 aliphatic heterocycles. The Balaban J connectivity index is 2.36. The number of aromatic nitrogens is 1. The highest BCUT2D eigenvalue weighted by Crippen LogP contribution is 2.37. The highest BCUT2D eigenvalue weighted by atomic mass is 35.5. The molecule has 0 unspecified atom stereocenters. The van der Waals surface area contributed by atoms with Gasteiger partial charge in [-0.2, -0.15) is 0 Å². The predicted molar refractivity (Wildman–Crippen MR) is 72.8 cm³/mol. The van der Waals surface area contributed by atoms with Crippen LogP contribution < -0.4 is 11.1 Å². The average Bonchev–Trinajstić information content (AvgIpc) is 2.41. The molecule has 0 aliphatic carbocycles. The van der Waals surface area contributed by atoms with E-state index in [0.717, 1.165) is 32.4 Å². The van der Waals surface area contributed by atoms with E-state index < -0.39 is 0 Å². The molecule has 0 bridgehead atoms. The first-order valence-electron chi connectivity index (χ1n) is 6.25. The van der Waals surface area contributed by atoms with E-state index in [4.69, 9.17) is 17.3 Å². The van der Waals surface area contributed by atoms with Crippen molar-refractivity contribution in [3.05, 3.63) is 22.8 Å². The summed E-state index contributed by atoms with van der Waals surface area (Å²) in [7, 11) is 0. The van der Waals surface area contributed by atoms with Crippen LogP contribution in [0.3, 0.4) is 0 Å². The zero-order valence-electron chi connectivity index (χ0n) is 10.5. The van der Waals surface area contributed by atoms with Gasteiger partial charge in [0.15, 0.2) is 5.78 Å². The number of ketones is 1. The summed E-state index contributed by atoms with van der Waals surface area (Å²) in [6.07, 6.45) is 3.97. The molecule has 1 saturated heterocycles. The molecule has 18 heavy (non-hydrogen) atoms. The number of anilines is 1. The number of rotatable bonds is 3. The maximum atomic E-state index is 12.7. The molecule has 0 atom stereocenters. The number of halogens is 1. The average molecular weight is 268 g/mol. The Bertz CT molecular complexity index is 456. The maximum absolute atomic E-state index is 12.7. The molecule has 1 aromatic rings. The lowest BCUT2D eigenvalue weighted by Gasteiger charge is -2.35. The zero-order valence-corrected chi connectivity index (χ0v) is 11.3. The van der Waals surface area contributed by atoms with Gasteiger partial charge in [-0.25, -0.2) is 4.98 Å². The number of nitrogens with zero attached hydrogens (tertiary/aromatic N) is 1. The van der Waals surface area contributed by atoms with Crippen molar-refractivity contribution in [3.8, 4) is 0 Å². The van der Waals surface area contributed by atoms with E-state index in [1.165, 1.54) is 6.20 Å². The van der Waals surface area contributed by atoms with E-state index in [-0.39, 0.29) is 17.0 Å². The normalized spacial score (nSPS) is 18.6. The van der Waals surface area contributed by atoms with Gasteiger partial charge in [-0.1, -0.05) is 18.5 Å². The fraction of sp³-hybridized carbons (Fsp3) is 0.538. The van der Waals surface area contributed by atoms with Crippen LogP contribution >= 0.6 is 11.6 Å². The molecule has 4 nitrogen and oxygen atoms in total. The molecule has 0 radical (unpaired) electrons. The van der Waals surface area contributed by atoms with Crippen molar-refractivity contribution in [2.24, 2.45) is 5.41 Å². The van der Waals surface area contributed by atoms with Crippen LogP contribution in [0.15, 0.2) is 12.3 Å². The van der Waals surface area contributed by atoms with E-state index >= 15 is 0 Å². The topological polar surface area (TPSA) is 68.0 Å². The fourth-order valence-corrected chi connectivity index (χ4v) is 2.72. The lowest BCUT2D eigenvalue weighted by Crippen LogP contribution is -2.42. The van der Waals surface area contributed by atoms with Gasteiger partial charge in [-0.3, -0.25) is 4.79 Å². The van der Waals surface area contributed by atoms with Gasteiger partial charge in [0.2, 0.25) is 0 Å². The van der Waals surface area contributed by atoms with Crippen molar-refractivity contribution in [1.82, 2.24) is 10.3 Å². The van der Waals surface area contributed by atoms with Crippen LogP contribution in [0.5, 0.6) is 0 Å². The van der Waals surface area contributed by atoms with Crippen LogP contribution in [0, 0.1) is 5.41 Å². The van der Waals surface area contributed by atoms with Gasteiger partial charge in [0, 0.05) is 11.6 Å². The molecular weight excluding hydrogens is 250 g/mol. The third kappa shape index (κ3) is 2.35. The van der Waals surface area contributed by atoms with E-state index in [0.29, 0.717) is 10.6 Å². The molecule has 1 aromatic heterocycles. The third-order valence-corrected chi connectivity index (χ3v) is 4.06. The van der Waals surface area contributed by atoms with Gasteiger partial charge in [0.1, 0.15) is 5.82 Å². The number of piperidine rings is 1. The van der Waals surface area contributed by atoms with Gasteiger partial charge in [-0.15, -0.1) is 0 Å². The smallest absolute Gasteiger partial charge is 0.172 e. The van der Waals surface area contributed by atoms with E-state index in [2.05, 4.69) is 17.2 Å². The summed E-state index contributed by atoms with van der Waals surface area (Å²) in [6.45, 7) is 3.79. The SMILES string of the molecule is CCC1(C(=O)c2cc(Cl)cnc2N)CCNCC1. The lowest BCUT2D eigenvalue weighted by atomic mass is 9.71. The number of nitrogens with two attached hydrogens (primary N) is 1. The Labute approximate surface area is 112 Å². The Hall–Kier alpha value is -1.13. The van der Waals surface area contributed by atoms with Crippen molar-refractivity contribution < 1.29 is 4.79 Å². The minimum atomic E-state index is -0.314. The molecule has 0 amide bonds. The van der Waals surface area contributed by atoms with Crippen LogP contribution in [0.2, 0.25) is 5.02 Å². The second-order valence-corrected chi connectivity index (χ2v) is 5.24. The van der Waals surface area contributed by atoms with Gasteiger partial charge in [0.05, 0.1) is 10.6 Å². The minimum Gasteiger partial charge on any atom is -0.383 e. The number of carbonyl (C=O) groups is 1. The van der Waals surface area contributed by atoms with Gasteiger partial charge in [-0.05, 0) is 38.4 Å². The summed E-state index contributed by atoms with van der Waals surface area (Å²) in [4.78, 5) is 16.7. The number of nitrogen functional groups attached to an aromatic ring is 1. The van der Waals surface area contributed by atoms with Crippen LogP contribution in [0.25, 0.3) is 0 Å². The molecule has 1 aliphatic rings. The molecular formula is C13H18ClN3O. The lowest BCUT2D eigenvalue weighted by molar-refractivity contribution is 0.0718. The summed E-state index contributed by atoms with van der Waals surface area (Å²) in [5.41, 5.74) is 5.95. The molecule has 0 spiro atoms. The molecule has 98 valence electrons. The molecule has 1 fully saturated rings. The van der Waals surface area contributed by atoms with Gasteiger partial charge < -0.3 is 11.1 Å². The summed E-state index contributed by atoms with van der Waals surface area (Å²) < 4.78 is 0. The van der Waals surface area contributed by atoms with Crippen molar-refractivity contribution >= 4 is 23.2 Å². The standard InChI is InChI=1S/C13H18ClN3O/c1-2-13(3-5-16-6-4-13)11(18)10-7-9(14)8-17-12(10)15/h7-8,16H,2-6H2,1H3,(H2,15,17). The Kier molecular flexibility index (Phi) is 3.88. The summed E-state index contributed by atoms with van der Waals surface area (Å²) in [5.74, 6) is 0.356. The van der Waals surface area contributed by atoms with E-state index in [9.17, 15) is 4.79 Å². The Morgan fingerprint density at radius 1 is 1.56 bits per heavy atom. The minimum absolute atomic E-state index is 0.0824. The number of carbonyl (C=O) groups excluding carboxylic acids is 1. The molecule has 5 heteroatoms. The Morgan fingerprint density at radius 3 is 2.83 bits per heavy atom. The van der Waals surface area contributed by atoms with Crippen LogP contribution in [-0.4, -0.2) is 23.9 Å². The molecule has 0 saturated carbocycles. The summed E-state index contributed by atoms with van der Waals surface area (Å²) >= 11 is 5.91. The summed E-state index contributed by atoms with van der Waals surface area (Å²) in [6, 6.07) is 1.63. The largest absolute Gasteiger partial charge is 0.383 e. The highest BCUT2D eigenvalue weighted by molar-refractivity contribution is 6.31. The maximum Gasteiger partial charge on any atom is 0.172 e. The Morgan fingerprint density at radius 2 is 2.22 bits per heavy atom. The van der Waals surface area contributed by atoms with Crippen LogP contribution in [0.1, 0.15) is 36.5 Å². The monoisotopic (exact) mass is 267 g/mol. The molecule has 2 heterocycles. The number of hydrogen-bond donors (Lipinski definition) is 2. The molecule has 0 aromatic carbocycles. The zero-order chi connectivity index (χ0) is 13.2. The number of pyridine rings is 1. The number of hydrogen-bond acceptors (Lipinski definition) is 4. The van der Waals surface area contributed by atoms with Crippen molar-refractivity contribution in [2.75, 3.05) is 18.8 Å². The first-order valence-corrected chi connectivity index (χ1v) is 6.63. The van der Waals surface area contributed by atoms with Crippen molar-refractivity contribution in [2.45, 2.75) is 26.2 Å². The second-order valence-electron chi connectivity index (χ2n) is 4.80. The second kappa shape index (κ2) is 5.24. The highest BCUT2D eigenvalue weighted by Gasteiger charge is 2.39. The quantitative estimate of drug-likeness (QED) is 0.825. The first-order chi connectivity index (χ1) is 8.59. The van der Waals surface area contributed by atoms with Gasteiger partial charge >= 0.3 is 0 Å². The predicted octanol–water partition coefficient (Wildman–Crippen LogP) is 2.28. The van der Waals surface area contributed by atoms with Gasteiger partial charge in [0.25, 0.3) is 0 Å². The molecule has 2 rings (SSSR count). The van der Waals surface area contributed by atoms with Crippen LogP contribution in [0.4, 0.5) is 5.82 Å². The van der Waals surface area contributed by atoms with Crippen molar-refractivity contribution in [1.29, 1.82) is 0 Å².